The third kappa shape index (κ3) is 2.44. The van der Waals surface area contributed by atoms with Gasteiger partial charge in [-0.25, -0.2) is 9.48 Å². The van der Waals surface area contributed by atoms with Crippen LogP contribution in [0.3, 0.4) is 0 Å². The van der Waals surface area contributed by atoms with E-state index in [1.807, 2.05) is 30.3 Å². The number of benzene rings is 2. The van der Waals surface area contributed by atoms with E-state index in [0.29, 0.717) is 6.54 Å². The highest BCUT2D eigenvalue weighted by molar-refractivity contribution is 5.96. The van der Waals surface area contributed by atoms with Gasteiger partial charge in [0.2, 0.25) is 0 Å². The Morgan fingerprint density at radius 1 is 1.04 bits per heavy atom. The van der Waals surface area contributed by atoms with Crippen molar-refractivity contribution in [3.8, 4) is 0 Å². The summed E-state index contributed by atoms with van der Waals surface area (Å²) in [5, 5.41) is 11.6. The van der Waals surface area contributed by atoms with Gasteiger partial charge in [-0.05, 0) is 37.0 Å². The minimum atomic E-state index is -0.930. The van der Waals surface area contributed by atoms with E-state index < -0.39 is 5.72 Å². The zero-order valence-electron chi connectivity index (χ0n) is 14.3. The van der Waals surface area contributed by atoms with Gasteiger partial charge in [-0.3, -0.25) is 0 Å². The molecule has 2 aromatic rings. The van der Waals surface area contributed by atoms with Crippen molar-refractivity contribution in [3.63, 3.8) is 0 Å². The average Bonchev–Trinajstić information content (AvgIpc) is 2.97. The van der Waals surface area contributed by atoms with Gasteiger partial charge >= 0.3 is 0 Å². The molecule has 4 rings (SSSR count). The molecule has 1 unspecified atom stereocenters. The summed E-state index contributed by atoms with van der Waals surface area (Å²) in [7, 11) is 0. The van der Waals surface area contributed by atoms with Crippen molar-refractivity contribution in [2.75, 3.05) is 18.0 Å². The lowest BCUT2D eigenvalue weighted by Gasteiger charge is -2.24. The first-order valence-electron chi connectivity index (χ1n) is 9.00. The van der Waals surface area contributed by atoms with Gasteiger partial charge in [-0.1, -0.05) is 49.4 Å². The number of β-amino-alcohol motifs (C(OH)–C–C–N with tert-alkyl or cyclic N) is 1. The Labute approximate surface area is 143 Å². The molecule has 0 bridgehead atoms. The summed E-state index contributed by atoms with van der Waals surface area (Å²) in [6.45, 7) is 3.69. The molecule has 24 heavy (non-hydrogen) atoms. The second-order valence-electron chi connectivity index (χ2n) is 6.81. The van der Waals surface area contributed by atoms with Crippen LogP contribution in [0.5, 0.6) is 0 Å². The molecule has 1 N–H and O–H groups in total. The Bertz CT molecular complexity index is 751. The molecule has 3 nitrogen and oxygen atoms in total. The summed E-state index contributed by atoms with van der Waals surface area (Å²) < 4.78 is 2.22. The predicted molar refractivity (Wildman–Crippen MR) is 97.5 cm³/mol. The molecular weight excluding hydrogens is 296 g/mol. The highest BCUT2D eigenvalue weighted by Gasteiger charge is 2.52. The van der Waals surface area contributed by atoms with Crippen LogP contribution < -0.4 is 4.90 Å². The van der Waals surface area contributed by atoms with Crippen molar-refractivity contribution in [3.05, 3.63) is 65.7 Å². The molecule has 124 valence electrons. The fourth-order valence-electron chi connectivity index (χ4n) is 4.00. The van der Waals surface area contributed by atoms with Crippen molar-refractivity contribution in [1.29, 1.82) is 0 Å². The average molecular weight is 321 g/mol. The Morgan fingerprint density at radius 3 is 2.50 bits per heavy atom. The van der Waals surface area contributed by atoms with Gasteiger partial charge in [0, 0.05) is 12.0 Å². The van der Waals surface area contributed by atoms with E-state index in [9.17, 15) is 5.11 Å². The Morgan fingerprint density at radius 2 is 1.79 bits per heavy atom. The molecule has 0 aliphatic carbocycles. The summed E-state index contributed by atoms with van der Waals surface area (Å²) >= 11 is 0. The van der Waals surface area contributed by atoms with Gasteiger partial charge in [0.1, 0.15) is 5.69 Å². The monoisotopic (exact) mass is 321 g/mol. The van der Waals surface area contributed by atoms with Crippen LogP contribution in [-0.2, 0) is 12.1 Å². The molecule has 2 aromatic carbocycles. The summed E-state index contributed by atoms with van der Waals surface area (Å²) in [5.41, 5.74) is 2.58. The molecule has 0 saturated carbocycles. The van der Waals surface area contributed by atoms with Crippen LogP contribution in [0.2, 0.25) is 0 Å². The summed E-state index contributed by atoms with van der Waals surface area (Å²) in [6, 6.07) is 18.9. The van der Waals surface area contributed by atoms with Crippen LogP contribution in [-0.4, -0.2) is 28.6 Å². The fourth-order valence-corrected chi connectivity index (χ4v) is 4.00. The van der Waals surface area contributed by atoms with Crippen LogP contribution in [0.4, 0.5) is 5.69 Å². The molecule has 0 aromatic heterocycles. The molecule has 0 spiro atoms. The highest BCUT2D eigenvalue weighted by Crippen LogP contribution is 2.35. The van der Waals surface area contributed by atoms with Crippen molar-refractivity contribution in [1.82, 2.24) is 0 Å². The van der Waals surface area contributed by atoms with E-state index in [2.05, 4.69) is 40.7 Å². The second kappa shape index (κ2) is 6.06. The highest BCUT2D eigenvalue weighted by atomic mass is 16.3. The summed E-state index contributed by atoms with van der Waals surface area (Å²) in [4.78, 5) is 2.31. The van der Waals surface area contributed by atoms with Gasteiger partial charge in [0.25, 0.3) is 11.6 Å². The van der Waals surface area contributed by atoms with Crippen molar-refractivity contribution >= 4 is 11.5 Å². The number of aryl methyl sites for hydroxylation is 1. The van der Waals surface area contributed by atoms with Gasteiger partial charge in [0.15, 0.2) is 6.54 Å². The first kappa shape index (κ1) is 15.4. The number of aliphatic hydroxyl groups is 1. The minimum absolute atomic E-state index is 0.595. The topological polar surface area (TPSA) is 26.5 Å². The lowest BCUT2D eigenvalue weighted by Crippen LogP contribution is -2.41. The van der Waals surface area contributed by atoms with Gasteiger partial charge in [-0.2, -0.15) is 0 Å². The lowest BCUT2D eigenvalue weighted by molar-refractivity contribution is -0.661. The minimum Gasteiger partial charge on any atom is -0.346 e. The zero-order valence-corrected chi connectivity index (χ0v) is 14.3. The van der Waals surface area contributed by atoms with Crippen molar-refractivity contribution in [2.45, 2.75) is 38.3 Å². The van der Waals surface area contributed by atoms with Crippen LogP contribution in [0.15, 0.2) is 54.6 Å². The van der Waals surface area contributed by atoms with Crippen LogP contribution in [0.25, 0.3) is 0 Å². The smallest absolute Gasteiger partial charge is 0.271 e. The summed E-state index contributed by atoms with van der Waals surface area (Å²) in [6.07, 6.45) is 4.42. The van der Waals surface area contributed by atoms with Crippen LogP contribution >= 0.6 is 0 Å². The van der Waals surface area contributed by atoms with E-state index in [-0.39, 0.29) is 0 Å². The van der Waals surface area contributed by atoms with E-state index >= 15 is 0 Å². The molecule has 2 aliphatic rings. The number of amidine groups is 1. The zero-order chi connectivity index (χ0) is 16.6. The number of hydrogen-bond acceptors (Lipinski definition) is 2. The van der Waals surface area contributed by atoms with Crippen LogP contribution in [0, 0.1) is 0 Å². The first-order valence-corrected chi connectivity index (χ1v) is 9.00. The number of rotatable bonds is 3. The fraction of sp³-hybridized carbons (Fsp3) is 0.381. The van der Waals surface area contributed by atoms with E-state index in [1.165, 1.54) is 23.5 Å². The SMILES string of the molecule is CCc1ccc(N2CC(O)(c3ccccc3)[N+]3=C2CCCC3)cc1. The van der Waals surface area contributed by atoms with E-state index in [4.69, 9.17) is 0 Å². The molecule has 0 amide bonds. The Balaban J connectivity index is 1.76. The van der Waals surface area contributed by atoms with E-state index in [1.54, 1.807) is 0 Å². The number of anilines is 1. The van der Waals surface area contributed by atoms with E-state index in [0.717, 1.165) is 31.4 Å². The maximum absolute atomic E-state index is 11.6. The first-order chi connectivity index (χ1) is 11.7. The molecular formula is C21H25N2O+. The van der Waals surface area contributed by atoms with Gasteiger partial charge < -0.3 is 5.11 Å². The second-order valence-corrected chi connectivity index (χ2v) is 6.81. The normalized spacial score (nSPS) is 23.5. The number of nitrogens with zero attached hydrogens (tertiary/aromatic N) is 2. The summed E-state index contributed by atoms with van der Waals surface area (Å²) in [5.74, 6) is 1.26. The molecule has 2 heterocycles. The number of hydrogen-bond donors (Lipinski definition) is 1. The van der Waals surface area contributed by atoms with Crippen LogP contribution in [0.1, 0.15) is 37.3 Å². The Hall–Kier alpha value is -2.13. The molecule has 2 aliphatic heterocycles. The third-order valence-corrected chi connectivity index (χ3v) is 5.37. The maximum Gasteiger partial charge on any atom is 0.271 e. The molecule has 3 heteroatoms. The predicted octanol–water partition coefficient (Wildman–Crippen LogP) is 3.51. The van der Waals surface area contributed by atoms with Crippen molar-refractivity contribution in [2.24, 2.45) is 0 Å². The molecule has 1 atom stereocenters. The van der Waals surface area contributed by atoms with Gasteiger partial charge in [-0.15, -0.1) is 0 Å². The van der Waals surface area contributed by atoms with Gasteiger partial charge in [0.05, 0.1) is 6.54 Å². The maximum atomic E-state index is 11.6. The standard InChI is InChI=1S/C21H25N2O/c1-2-17-11-13-19(14-12-17)22-16-21(24,18-8-4-3-5-9-18)23-15-7-6-10-20(22)23/h3-5,8-9,11-14,24H,2,6-7,10,15-16H2,1H3/q+1. The largest absolute Gasteiger partial charge is 0.346 e. The molecule has 0 fully saturated rings. The van der Waals surface area contributed by atoms with Crippen molar-refractivity contribution < 1.29 is 9.68 Å². The molecule has 0 radical (unpaired) electrons. The molecule has 0 saturated heterocycles. The Kier molecular flexibility index (Phi) is 3.89. The quantitative estimate of drug-likeness (QED) is 0.876. The lowest BCUT2D eigenvalue weighted by atomic mass is 10.0. The third-order valence-electron chi connectivity index (χ3n) is 5.37.